The lowest BCUT2D eigenvalue weighted by Crippen LogP contribution is -2.38. The van der Waals surface area contributed by atoms with Gasteiger partial charge >= 0.3 is 6.18 Å². The molecule has 0 amide bonds. The number of fused-ring (bicyclic) bond motifs is 1. The van der Waals surface area contributed by atoms with E-state index in [-0.39, 0.29) is 29.0 Å². The van der Waals surface area contributed by atoms with Crippen molar-refractivity contribution in [3.05, 3.63) is 29.2 Å². The molecule has 1 aliphatic carbocycles. The monoisotopic (exact) mass is 351 g/mol. The highest BCUT2D eigenvalue weighted by molar-refractivity contribution is 5.78. The van der Waals surface area contributed by atoms with Gasteiger partial charge in [-0.15, -0.1) is 0 Å². The Morgan fingerprint density at radius 1 is 1.36 bits per heavy atom. The summed E-state index contributed by atoms with van der Waals surface area (Å²) in [6.45, 7) is 4.38. The van der Waals surface area contributed by atoms with Crippen LogP contribution in [0.1, 0.15) is 56.0 Å². The molecule has 0 radical (unpaired) electrons. The first-order chi connectivity index (χ1) is 11.7. The number of benzene rings is 1. The number of nitriles is 1. The topological polar surface area (TPSA) is 61.9 Å². The third kappa shape index (κ3) is 3.49. The van der Waals surface area contributed by atoms with Gasteiger partial charge in [0.2, 0.25) is 0 Å². The lowest BCUT2D eigenvalue weighted by Gasteiger charge is -2.35. The van der Waals surface area contributed by atoms with E-state index < -0.39 is 11.7 Å². The van der Waals surface area contributed by atoms with Gasteiger partial charge in [0.1, 0.15) is 11.1 Å². The van der Waals surface area contributed by atoms with Crippen molar-refractivity contribution >= 4 is 11.1 Å². The van der Waals surface area contributed by atoms with Crippen molar-refractivity contribution in [3.8, 4) is 6.07 Å². The van der Waals surface area contributed by atoms with Crippen LogP contribution in [-0.4, -0.2) is 11.5 Å². The second-order valence-electron chi connectivity index (χ2n) is 7.05. The summed E-state index contributed by atoms with van der Waals surface area (Å²) in [5, 5.41) is 12.3. The quantitative estimate of drug-likeness (QED) is 0.844. The summed E-state index contributed by atoms with van der Waals surface area (Å²) in [4.78, 5) is 4.20. The minimum atomic E-state index is -4.51. The Balaban J connectivity index is 1.87. The van der Waals surface area contributed by atoms with Gasteiger partial charge in [0, 0.05) is 19.0 Å². The number of halogens is 3. The number of rotatable bonds is 5. The van der Waals surface area contributed by atoms with Crippen LogP contribution in [0.3, 0.4) is 0 Å². The molecule has 134 valence electrons. The summed E-state index contributed by atoms with van der Waals surface area (Å²) < 4.78 is 45.5. The Bertz CT molecular complexity index is 813. The molecule has 1 saturated carbocycles. The third-order valence-corrected chi connectivity index (χ3v) is 4.71. The van der Waals surface area contributed by atoms with Crippen LogP contribution in [-0.2, 0) is 12.7 Å². The van der Waals surface area contributed by atoms with E-state index in [0.717, 1.165) is 25.3 Å². The van der Waals surface area contributed by atoms with E-state index >= 15 is 0 Å². The van der Waals surface area contributed by atoms with Gasteiger partial charge in [-0.3, -0.25) is 0 Å². The zero-order valence-electron chi connectivity index (χ0n) is 14.2. The van der Waals surface area contributed by atoms with Crippen molar-refractivity contribution in [2.24, 2.45) is 5.41 Å². The van der Waals surface area contributed by atoms with Crippen LogP contribution in [0.25, 0.3) is 11.1 Å². The normalized spacial score (nSPS) is 16.8. The Labute approximate surface area is 144 Å². The molecule has 1 heterocycles. The zero-order chi connectivity index (χ0) is 18.2. The molecule has 0 aliphatic heterocycles. The van der Waals surface area contributed by atoms with Crippen LogP contribution in [0.15, 0.2) is 16.5 Å². The van der Waals surface area contributed by atoms with E-state index in [1.54, 1.807) is 6.07 Å². The van der Waals surface area contributed by atoms with Crippen molar-refractivity contribution in [1.82, 2.24) is 10.3 Å². The summed E-state index contributed by atoms with van der Waals surface area (Å²) in [5.74, 6) is 0.202. The SMILES string of the molecule is CC(C)c1nc2cc(CNCC3(C#N)CCC3)cc(C(F)(F)F)c2o1. The predicted molar refractivity (Wildman–Crippen MR) is 86.7 cm³/mol. The molecule has 4 nitrogen and oxygen atoms in total. The number of hydrogen-bond donors (Lipinski definition) is 1. The van der Waals surface area contributed by atoms with Crippen molar-refractivity contribution in [2.75, 3.05) is 6.54 Å². The Hall–Kier alpha value is -2.07. The second kappa shape index (κ2) is 6.34. The zero-order valence-corrected chi connectivity index (χ0v) is 14.2. The predicted octanol–water partition coefficient (Wildman–Crippen LogP) is 4.75. The molecule has 0 spiro atoms. The van der Waals surface area contributed by atoms with Crippen LogP contribution in [0.5, 0.6) is 0 Å². The molecule has 0 saturated heterocycles. The molecule has 25 heavy (non-hydrogen) atoms. The second-order valence-corrected chi connectivity index (χ2v) is 7.05. The summed E-state index contributed by atoms with van der Waals surface area (Å²) in [6.07, 6.45) is -1.81. The van der Waals surface area contributed by atoms with E-state index in [9.17, 15) is 18.4 Å². The smallest absolute Gasteiger partial charge is 0.420 e. The van der Waals surface area contributed by atoms with Gasteiger partial charge in [-0.2, -0.15) is 18.4 Å². The first-order valence-corrected chi connectivity index (χ1v) is 8.37. The molecular formula is C18H20F3N3O. The van der Waals surface area contributed by atoms with Gasteiger partial charge in [0.15, 0.2) is 11.5 Å². The summed E-state index contributed by atoms with van der Waals surface area (Å²) in [7, 11) is 0. The number of nitrogens with one attached hydrogen (secondary N) is 1. The molecular weight excluding hydrogens is 331 g/mol. The molecule has 0 bridgehead atoms. The first-order valence-electron chi connectivity index (χ1n) is 8.37. The molecule has 1 fully saturated rings. The molecule has 1 N–H and O–H groups in total. The maximum atomic E-state index is 13.4. The minimum Gasteiger partial charge on any atom is -0.440 e. The summed E-state index contributed by atoms with van der Waals surface area (Å²) in [5.41, 5.74) is -0.688. The van der Waals surface area contributed by atoms with Crippen molar-refractivity contribution in [1.29, 1.82) is 5.26 Å². The van der Waals surface area contributed by atoms with Crippen molar-refractivity contribution in [2.45, 2.75) is 51.7 Å². The number of aromatic nitrogens is 1. The molecule has 2 aromatic rings. The van der Waals surface area contributed by atoms with Gasteiger partial charge in [0.25, 0.3) is 0 Å². The fourth-order valence-electron chi connectivity index (χ4n) is 3.05. The van der Waals surface area contributed by atoms with Crippen molar-refractivity contribution in [3.63, 3.8) is 0 Å². The lowest BCUT2D eigenvalue weighted by atomic mass is 9.70. The summed E-state index contributed by atoms with van der Waals surface area (Å²) in [6, 6.07) is 5.03. The minimum absolute atomic E-state index is 0.0934. The average Bonchev–Trinajstić information content (AvgIpc) is 2.92. The number of oxazole rings is 1. The Morgan fingerprint density at radius 2 is 2.08 bits per heavy atom. The highest BCUT2D eigenvalue weighted by atomic mass is 19.4. The molecule has 3 rings (SSSR count). The standard InChI is InChI=1S/C18H20F3N3O/c1-11(2)16-24-14-7-12(6-13(15(14)25-16)18(19,20)21)8-23-10-17(9-22)4-3-5-17/h6-7,11,23H,3-5,8,10H2,1-2H3. The molecule has 7 heteroatoms. The van der Waals surface area contributed by atoms with E-state index in [1.165, 1.54) is 0 Å². The van der Waals surface area contributed by atoms with Crippen LogP contribution in [0.2, 0.25) is 0 Å². The Kier molecular flexibility index (Phi) is 4.50. The van der Waals surface area contributed by atoms with E-state index in [2.05, 4.69) is 16.4 Å². The number of hydrogen-bond acceptors (Lipinski definition) is 4. The van der Waals surface area contributed by atoms with Gasteiger partial charge < -0.3 is 9.73 Å². The fourth-order valence-corrected chi connectivity index (χ4v) is 3.05. The number of alkyl halides is 3. The van der Waals surface area contributed by atoms with Gasteiger partial charge in [0.05, 0.1) is 11.5 Å². The Morgan fingerprint density at radius 3 is 2.60 bits per heavy atom. The molecule has 1 aromatic heterocycles. The average molecular weight is 351 g/mol. The van der Waals surface area contributed by atoms with E-state index in [0.29, 0.717) is 18.0 Å². The van der Waals surface area contributed by atoms with Crippen LogP contribution < -0.4 is 5.32 Å². The van der Waals surface area contributed by atoms with Crippen LogP contribution in [0.4, 0.5) is 13.2 Å². The fraction of sp³-hybridized carbons (Fsp3) is 0.556. The lowest BCUT2D eigenvalue weighted by molar-refractivity contribution is -0.136. The maximum absolute atomic E-state index is 13.4. The number of nitrogens with zero attached hydrogens (tertiary/aromatic N) is 2. The van der Waals surface area contributed by atoms with E-state index in [4.69, 9.17) is 4.42 Å². The van der Waals surface area contributed by atoms with Crippen LogP contribution in [0, 0.1) is 16.7 Å². The van der Waals surface area contributed by atoms with Gasteiger partial charge in [-0.05, 0) is 30.5 Å². The van der Waals surface area contributed by atoms with Gasteiger partial charge in [-0.25, -0.2) is 4.98 Å². The van der Waals surface area contributed by atoms with E-state index in [1.807, 2.05) is 13.8 Å². The molecule has 0 atom stereocenters. The van der Waals surface area contributed by atoms with Gasteiger partial charge in [-0.1, -0.05) is 20.3 Å². The van der Waals surface area contributed by atoms with Crippen molar-refractivity contribution < 1.29 is 17.6 Å². The summed E-state index contributed by atoms with van der Waals surface area (Å²) >= 11 is 0. The first kappa shape index (κ1) is 17.7. The molecule has 1 aromatic carbocycles. The highest BCUT2D eigenvalue weighted by Crippen LogP contribution is 2.40. The largest absolute Gasteiger partial charge is 0.440 e. The maximum Gasteiger partial charge on any atom is 0.420 e. The third-order valence-electron chi connectivity index (χ3n) is 4.71. The highest BCUT2D eigenvalue weighted by Gasteiger charge is 2.37. The molecule has 1 aliphatic rings. The molecule has 0 unspecified atom stereocenters. The van der Waals surface area contributed by atoms with Crippen LogP contribution >= 0.6 is 0 Å².